The quantitative estimate of drug-likeness (QED) is 0.720. The lowest BCUT2D eigenvalue weighted by Crippen LogP contribution is -2.45. The summed E-state index contributed by atoms with van der Waals surface area (Å²) in [6.45, 7) is 9.76. The molecule has 0 aromatic rings. The van der Waals surface area contributed by atoms with Crippen molar-refractivity contribution in [1.29, 1.82) is 0 Å². The lowest BCUT2D eigenvalue weighted by Gasteiger charge is -2.30. The molecule has 2 heterocycles. The van der Waals surface area contributed by atoms with Crippen LogP contribution in [-0.4, -0.2) is 72.9 Å². The fraction of sp³-hybridized carbons (Fsp3) is 1.00. The number of aliphatic hydroxyl groups is 1. The number of nitrogens with one attached hydrogen (secondary N) is 1. The maximum atomic E-state index is 10.0. The Labute approximate surface area is 118 Å². The highest BCUT2D eigenvalue weighted by Gasteiger charge is 2.17. The van der Waals surface area contributed by atoms with E-state index in [9.17, 15) is 5.11 Å². The number of rotatable bonds is 7. The number of likely N-dealkylation sites (tertiary alicyclic amines) is 2. The van der Waals surface area contributed by atoms with Crippen LogP contribution in [-0.2, 0) is 0 Å². The van der Waals surface area contributed by atoms with E-state index < -0.39 is 0 Å². The summed E-state index contributed by atoms with van der Waals surface area (Å²) in [5, 5.41) is 13.5. The molecular formula is C15H31N3O. The topological polar surface area (TPSA) is 38.7 Å². The number of piperidine rings is 1. The predicted octanol–water partition coefficient (Wildman–Crippen LogP) is 0.907. The third-order valence-electron chi connectivity index (χ3n) is 4.35. The smallest absolute Gasteiger partial charge is 0.0791 e. The number of aliphatic hydroxyl groups excluding tert-OH is 1. The van der Waals surface area contributed by atoms with Crippen LogP contribution in [0.4, 0.5) is 0 Å². The van der Waals surface area contributed by atoms with Crippen LogP contribution in [0.5, 0.6) is 0 Å². The molecule has 2 aliphatic heterocycles. The Balaban J connectivity index is 1.55. The SMILES string of the molecule is CC(CN1CCCCC1)NCC(O)CN1CCCC1. The first-order chi connectivity index (χ1) is 9.24. The Kier molecular flexibility index (Phi) is 6.57. The highest BCUT2D eigenvalue weighted by Crippen LogP contribution is 2.09. The van der Waals surface area contributed by atoms with E-state index in [1.165, 1.54) is 58.3 Å². The van der Waals surface area contributed by atoms with E-state index in [2.05, 4.69) is 22.0 Å². The third kappa shape index (κ3) is 5.78. The van der Waals surface area contributed by atoms with Gasteiger partial charge in [0.2, 0.25) is 0 Å². The third-order valence-corrected chi connectivity index (χ3v) is 4.35. The van der Waals surface area contributed by atoms with Crippen LogP contribution in [0, 0.1) is 0 Å². The van der Waals surface area contributed by atoms with Gasteiger partial charge in [-0.3, -0.25) is 0 Å². The molecule has 0 aromatic carbocycles. The Morgan fingerprint density at radius 3 is 2.05 bits per heavy atom. The van der Waals surface area contributed by atoms with Gasteiger partial charge in [-0.2, -0.15) is 0 Å². The molecule has 0 radical (unpaired) electrons. The van der Waals surface area contributed by atoms with Crippen LogP contribution in [0.1, 0.15) is 39.0 Å². The molecule has 0 saturated carbocycles. The Morgan fingerprint density at radius 1 is 0.895 bits per heavy atom. The van der Waals surface area contributed by atoms with Crippen LogP contribution in [0.2, 0.25) is 0 Å². The summed E-state index contributed by atoms with van der Waals surface area (Å²) < 4.78 is 0. The minimum atomic E-state index is -0.220. The Bertz CT molecular complexity index is 238. The standard InChI is InChI=1S/C15H31N3O/c1-14(12-17-7-3-2-4-8-17)16-11-15(19)13-18-9-5-6-10-18/h14-16,19H,2-13H2,1H3. The first-order valence-corrected chi connectivity index (χ1v) is 8.10. The van der Waals surface area contributed by atoms with Gasteiger partial charge in [-0.05, 0) is 58.8 Å². The molecule has 112 valence electrons. The second-order valence-corrected chi connectivity index (χ2v) is 6.33. The Hall–Kier alpha value is -0.160. The molecule has 2 fully saturated rings. The summed E-state index contributed by atoms with van der Waals surface area (Å²) in [6, 6.07) is 0.478. The van der Waals surface area contributed by atoms with Crippen molar-refractivity contribution in [3.8, 4) is 0 Å². The number of nitrogens with zero attached hydrogens (tertiary/aromatic N) is 2. The van der Waals surface area contributed by atoms with Crippen molar-refractivity contribution in [2.45, 2.75) is 51.2 Å². The van der Waals surface area contributed by atoms with Crippen molar-refractivity contribution >= 4 is 0 Å². The van der Waals surface area contributed by atoms with Crippen molar-refractivity contribution in [3.63, 3.8) is 0 Å². The summed E-state index contributed by atoms with van der Waals surface area (Å²) in [5.74, 6) is 0. The van der Waals surface area contributed by atoms with Crippen LogP contribution in [0.3, 0.4) is 0 Å². The van der Waals surface area contributed by atoms with Crippen molar-refractivity contribution in [2.75, 3.05) is 45.8 Å². The van der Waals surface area contributed by atoms with Crippen LogP contribution >= 0.6 is 0 Å². The van der Waals surface area contributed by atoms with E-state index in [-0.39, 0.29) is 6.10 Å². The van der Waals surface area contributed by atoms with Gasteiger partial charge in [0, 0.05) is 25.7 Å². The van der Waals surface area contributed by atoms with E-state index in [0.29, 0.717) is 6.04 Å². The summed E-state index contributed by atoms with van der Waals surface area (Å²) >= 11 is 0. The molecule has 2 atom stereocenters. The van der Waals surface area contributed by atoms with Gasteiger partial charge >= 0.3 is 0 Å². The molecule has 2 saturated heterocycles. The van der Waals surface area contributed by atoms with Crippen molar-refractivity contribution < 1.29 is 5.11 Å². The number of hydrogen-bond donors (Lipinski definition) is 2. The van der Waals surface area contributed by atoms with E-state index in [4.69, 9.17) is 0 Å². The van der Waals surface area contributed by atoms with Gasteiger partial charge in [-0.25, -0.2) is 0 Å². The highest BCUT2D eigenvalue weighted by molar-refractivity contribution is 4.75. The molecule has 0 aliphatic carbocycles. The van der Waals surface area contributed by atoms with E-state index in [1.54, 1.807) is 0 Å². The molecule has 0 spiro atoms. The molecule has 0 aromatic heterocycles. The molecule has 2 unspecified atom stereocenters. The molecule has 4 heteroatoms. The molecule has 2 aliphatic rings. The zero-order valence-corrected chi connectivity index (χ0v) is 12.5. The van der Waals surface area contributed by atoms with Gasteiger partial charge in [0.15, 0.2) is 0 Å². The summed E-state index contributed by atoms with van der Waals surface area (Å²) in [7, 11) is 0. The maximum absolute atomic E-state index is 10.0. The van der Waals surface area contributed by atoms with E-state index in [1.807, 2.05) is 0 Å². The highest BCUT2D eigenvalue weighted by atomic mass is 16.3. The van der Waals surface area contributed by atoms with Gasteiger partial charge in [0.05, 0.1) is 6.10 Å². The average molecular weight is 269 g/mol. The minimum absolute atomic E-state index is 0.220. The fourth-order valence-electron chi connectivity index (χ4n) is 3.26. The average Bonchev–Trinajstić information content (AvgIpc) is 2.90. The van der Waals surface area contributed by atoms with Crippen LogP contribution in [0.15, 0.2) is 0 Å². The summed E-state index contributed by atoms with van der Waals surface area (Å²) in [6.07, 6.45) is 6.47. The lowest BCUT2D eigenvalue weighted by atomic mass is 10.1. The molecule has 2 N–H and O–H groups in total. The largest absolute Gasteiger partial charge is 0.390 e. The van der Waals surface area contributed by atoms with Crippen LogP contribution < -0.4 is 5.32 Å². The predicted molar refractivity (Wildman–Crippen MR) is 79.4 cm³/mol. The summed E-state index contributed by atoms with van der Waals surface area (Å²) in [5.41, 5.74) is 0. The first kappa shape index (κ1) is 15.2. The monoisotopic (exact) mass is 269 g/mol. The van der Waals surface area contributed by atoms with Crippen molar-refractivity contribution in [2.24, 2.45) is 0 Å². The summed E-state index contributed by atoms with van der Waals surface area (Å²) in [4.78, 5) is 4.93. The Morgan fingerprint density at radius 2 is 1.42 bits per heavy atom. The molecule has 0 bridgehead atoms. The lowest BCUT2D eigenvalue weighted by molar-refractivity contribution is 0.117. The van der Waals surface area contributed by atoms with Crippen molar-refractivity contribution in [1.82, 2.24) is 15.1 Å². The van der Waals surface area contributed by atoms with E-state index >= 15 is 0 Å². The zero-order valence-electron chi connectivity index (χ0n) is 12.5. The number of β-amino-alcohol motifs (C(OH)–C–C–N with tert-alkyl or cyclic N) is 1. The fourth-order valence-corrected chi connectivity index (χ4v) is 3.26. The molecular weight excluding hydrogens is 238 g/mol. The molecule has 2 rings (SSSR count). The number of hydrogen-bond acceptors (Lipinski definition) is 4. The van der Waals surface area contributed by atoms with Gasteiger partial charge < -0.3 is 20.2 Å². The normalized spacial score (nSPS) is 25.6. The van der Waals surface area contributed by atoms with Gasteiger partial charge in [0.1, 0.15) is 0 Å². The molecule has 19 heavy (non-hydrogen) atoms. The van der Waals surface area contributed by atoms with Crippen LogP contribution in [0.25, 0.3) is 0 Å². The van der Waals surface area contributed by atoms with Gasteiger partial charge in [0.25, 0.3) is 0 Å². The second-order valence-electron chi connectivity index (χ2n) is 6.33. The van der Waals surface area contributed by atoms with Crippen molar-refractivity contribution in [3.05, 3.63) is 0 Å². The second kappa shape index (κ2) is 8.20. The molecule has 4 nitrogen and oxygen atoms in total. The van der Waals surface area contributed by atoms with Gasteiger partial charge in [-0.1, -0.05) is 6.42 Å². The van der Waals surface area contributed by atoms with Gasteiger partial charge in [-0.15, -0.1) is 0 Å². The first-order valence-electron chi connectivity index (χ1n) is 8.10. The molecule has 0 amide bonds. The minimum Gasteiger partial charge on any atom is -0.390 e. The zero-order chi connectivity index (χ0) is 13.5. The van der Waals surface area contributed by atoms with E-state index in [0.717, 1.165) is 19.6 Å². The maximum Gasteiger partial charge on any atom is 0.0791 e.